The summed E-state index contributed by atoms with van der Waals surface area (Å²) < 4.78 is 84.6. The first-order chi connectivity index (χ1) is 64.1. The summed E-state index contributed by atoms with van der Waals surface area (Å²) >= 11 is 0. The molecular formula is C89H158N4O41. The highest BCUT2D eigenvalue weighted by Crippen LogP contribution is 2.43. The van der Waals surface area contributed by atoms with E-state index in [0.29, 0.717) is 12.8 Å². The van der Waals surface area contributed by atoms with Gasteiger partial charge in [0.25, 0.3) is 5.79 Å². The molecule has 0 aromatic heterocycles. The number of carboxylic acid groups (broad SMARTS) is 1. The Hall–Kier alpha value is -4.31. The quantitative estimate of drug-likeness (QED) is 0.0202. The van der Waals surface area contributed by atoms with Gasteiger partial charge in [-0.1, -0.05) is 193 Å². The van der Waals surface area contributed by atoms with Crippen LogP contribution in [0.5, 0.6) is 0 Å². The van der Waals surface area contributed by atoms with Gasteiger partial charge in [-0.25, -0.2) is 4.79 Å². The molecule has 7 aliphatic rings. The van der Waals surface area contributed by atoms with Crippen LogP contribution >= 0.6 is 0 Å². The summed E-state index contributed by atoms with van der Waals surface area (Å²) in [5.74, 6) is -9.06. The van der Waals surface area contributed by atoms with Crippen LogP contribution in [0.25, 0.3) is 0 Å². The number of hydrogen-bond acceptors (Lipinski definition) is 40. The minimum atomic E-state index is -3.51. The Labute approximate surface area is 781 Å². The van der Waals surface area contributed by atoms with Crippen LogP contribution in [0.2, 0.25) is 0 Å². The Morgan fingerprint density at radius 2 is 0.739 bits per heavy atom. The molecule has 0 aliphatic carbocycles. The number of carbonyl (C=O) groups is 5. The molecular weight excluding hydrogens is 1780 g/mol. The molecule has 0 aromatic carbocycles. The van der Waals surface area contributed by atoms with Crippen LogP contribution in [0.15, 0.2) is 12.2 Å². The van der Waals surface area contributed by atoms with Crippen molar-refractivity contribution in [2.24, 2.45) is 0 Å². The molecule has 26 N–H and O–H groups in total. The molecule has 0 aromatic rings. The van der Waals surface area contributed by atoms with E-state index in [9.17, 15) is 136 Å². The zero-order chi connectivity index (χ0) is 98.5. The summed E-state index contributed by atoms with van der Waals surface area (Å²) in [7, 11) is 0. The van der Waals surface area contributed by atoms with E-state index in [-0.39, 0.29) is 12.3 Å². The molecule has 0 bridgehead atoms. The monoisotopic (exact) mass is 1940 g/mol. The lowest BCUT2D eigenvalue weighted by atomic mass is 9.88. The second-order valence-electron chi connectivity index (χ2n) is 36.3. The Morgan fingerprint density at radius 3 is 1.16 bits per heavy atom. The van der Waals surface area contributed by atoms with E-state index < -0.39 is 315 Å². The molecule has 38 atom stereocenters. The van der Waals surface area contributed by atoms with Gasteiger partial charge in [-0.3, -0.25) is 19.2 Å². The molecule has 45 heteroatoms. The van der Waals surface area contributed by atoms with Gasteiger partial charge in [0, 0.05) is 33.6 Å². The highest BCUT2D eigenvalue weighted by molar-refractivity contribution is 5.77. The Bertz CT molecular complexity index is 3330. The molecule has 0 spiro atoms. The van der Waals surface area contributed by atoms with Crippen molar-refractivity contribution in [1.29, 1.82) is 0 Å². The van der Waals surface area contributed by atoms with Gasteiger partial charge in [0.2, 0.25) is 23.6 Å². The predicted octanol–water partition coefficient (Wildman–Crippen LogP) is -4.47. The Kier molecular flexibility index (Phi) is 52.4. The van der Waals surface area contributed by atoms with E-state index >= 15 is 0 Å². The molecule has 0 radical (unpaired) electrons. The van der Waals surface area contributed by atoms with Gasteiger partial charge < -0.3 is 200 Å². The minimum absolute atomic E-state index is 0.142. The molecule has 7 heterocycles. The molecule has 7 rings (SSSR count). The molecule has 780 valence electrons. The Morgan fingerprint density at radius 1 is 0.388 bits per heavy atom. The van der Waals surface area contributed by atoms with Crippen molar-refractivity contribution in [2.75, 3.05) is 52.9 Å². The number of ether oxygens (including phenoxy) is 14. The van der Waals surface area contributed by atoms with Crippen LogP contribution in [0, 0.1) is 0 Å². The standard InChI is InChI=1S/C89H158N4O41/c1-6-8-10-12-14-16-18-20-21-22-23-25-27-29-31-33-35-37-60(107)93-50(51(104)36-34-32-30-28-26-24-19-17-15-13-11-9-7-2)46-121-84-72(116)69(113)76(57(43-98)125-84)129-86-73(117)70(114)75(58(44-99)126-86)128-82-62(91-48(4)102)79(67(111)55(41-96)122-82)132-87-74(118)81(134-89(88(119)120)38-52(105)61(90-47(3)101)80(133-89)64(108)53(106)39-94)77(59(45-100)127-87)130-83-63(92-49(5)103)78(66(110)56(42-97)123-83)131-85-71(115)68(112)65(109)54(40-95)124-85/h34,36,50-59,61-87,94-100,104-106,108-118H,6-33,35,37-46H2,1-5H3,(H,90,101)(H,91,102)(H,92,103)(H,93,107)(H,119,120)/b36-34+/t50-,51+,52?,53+,54?,55?,56?,57?,58?,59?,61+,62?,63?,64+,65-,66-,67-,68-,69+,70+,71?,72?,73?,74?,75-,76+,77-,78+,79+,80?,81+,82-,83-,84+,85-,86-,87-,89-/m0/s1. The van der Waals surface area contributed by atoms with Crippen LogP contribution in [-0.4, -0.2) is 427 Å². The van der Waals surface area contributed by atoms with Gasteiger partial charge >= 0.3 is 5.97 Å². The fourth-order valence-electron chi connectivity index (χ4n) is 18.0. The van der Waals surface area contributed by atoms with Gasteiger partial charge in [-0.05, 0) is 19.3 Å². The van der Waals surface area contributed by atoms with E-state index in [1.165, 1.54) is 116 Å². The van der Waals surface area contributed by atoms with Crippen LogP contribution in [0.1, 0.15) is 234 Å². The lowest BCUT2D eigenvalue weighted by Gasteiger charge is -2.53. The highest BCUT2D eigenvalue weighted by Gasteiger charge is 2.64. The summed E-state index contributed by atoms with van der Waals surface area (Å²) in [6, 6.07) is -7.02. The number of amides is 4. The van der Waals surface area contributed by atoms with Crippen molar-refractivity contribution in [3.63, 3.8) is 0 Å². The van der Waals surface area contributed by atoms with Crippen LogP contribution < -0.4 is 21.3 Å². The third-order valence-corrected chi connectivity index (χ3v) is 25.7. The van der Waals surface area contributed by atoms with Crippen molar-refractivity contribution in [2.45, 2.75) is 466 Å². The maximum absolute atomic E-state index is 14.0. The number of hydrogen-bond donors (Lipinski definition) is 26. The summed E-state index contributed by atoms with van der Waals surface area (Å²) in [5.41, 5.74) is 0. The number of aliphatic carboxylic acids is 1. The second-order valence-corrected chi connectivity index (χ2v) is 36.3. The van der Waals surface area contributed by atoms with Crippen molar-refractivity contribution < 1.29 is 203 Å². The SMILES string of the molecule is CCCCCCCCCCCCC/C=C/[C@@H](O)[C@H](CO[C@@H]1OC(CO)[C@@H](O[C@@H]2OC(CO)[C@H](O[C@@H]3OC(CO)[C@H](O)[C@H](O[C@@H]4OC(CO)[C@H](O[C@@H]5OC(CO)[C@H](O)[C@H](O[C@@H]6OC(CO)[C@H](O)[C@H](O)C6O)C5NC(C)=O)[C@H](O[C@]5(C(=O)O)CC(O)[C@@H](NC(C)=O)C([C@H](O)[C@H](O)CO)O5)C4O)C3NC(C)=O)[C@H](O)C2O)[C@H](O)C1O)NC(=O)CCCCCCCCCCCCCCCCCCC. The maximum atomic E-state index is 14.0. The number of rotatable bonds is 61. The zero-order valence-electron chi connectivity index (χ0n) is 77.7. The fourth-order valence-corrected chi connectivity index (χ4v) is 18.0. The first kappa shape index (κ1) is 117. The first-order valence-electron chi connectivity index (χ1n) is 48.1. The van der Waals surface area contributed by atoms with E-state index in [1.807, 2.05) is 6.08 Å². The van der Waals surface area contributed by atoms with Gasteiger partial charge in [0.15, 0.2) is 37.7 Å². The topological polar surface area (TPSA) is 708 Å². The van der Waals surface area contributed by atoms with Gasteiger partial charge in [0.1, 0.15) is 165 Å². The lowest BCUT2D eigenvalue weighted by Crippen LogP contribution is -2.73. The molecule has 14 unspecified atom stereocenters. The summed E-state index contributed by atoms with van der Waals surface area (Å²) in [6.45, 7) is -1.44. The highest BCUT2D eigenvalue weighted by atomic mass is 16.8. The molecule has 7 fully saturated rings. The van der Waals surface area contributed by atoms with Gasteiger partial charge in [-0.15, -0.1) is 0 Å². The molecule has 0 saturated carbocycles. The number of aliphatic hydroxyl groups excluding tert-OH is 21. The predicted molar refractivity (Wildman–Crippen MR) is 464 cm³/mol. The van der Waals surface area contributed by atoms with Crippen molar-refractivity contribution in [3.05, 3.63) is 12.2 Å². The van der Waals surface area contributed by atoms with Gasteiger partial charge in [-0.2, -0.15) is 0 Å². The van der Waals surface area contributed by atoms with Crippen molar-refractivity contribution in [1.82, 2.24) is 21.3 Å². The normalized spacial score (nSPS) is 36.9. The third kappa shape index (κ3) is 34.0. The number of carbonyl (C=O) groups excluding carboxylic acids is 4. The van der Waals surface area contributed by atoms with Crippen LogP contribution in [0.4, 0.5) is 0 Å². The van der Waals surface area contributed by atoms with Crippen LogP contribution in [0.3, 0.4) is 0 Å². The average molecular weight is 1940 g/mol. The van der Waals surface area contributed by atoms with E-state index in [2.05, 4.69) is 35.1 Å². The van der Waals surface area contributed by atoms with Crippen LogP contribution in [-0.2, 0) is 90.3 Å². The first-order valence-corrected chi connectivity index (χ1v) is 48.1. The second kappa shape index (κ2) is 60.2. The number of carboxylic acids is 1. The number of aliphatic hydroxyl groups is 21. The number of nitrogens with one attached hydrogen (secondary N) is 4. The van der Waals surface area contributed by atoms with Crippen molar-refractivity contribution in [3.8, 4) is 0 Å². The number of allylic oxidation sites excluding steroid dienone is 1. The summed E-state index contributed by atoms with van der Waals surface area (Å²) in [5, 5.41) is 258. The summed E-state index contributed by atoms with van der Waals surface area (Å²) in [6.07, 6.45) is -35.0. The molecule has 134 heavy (non-hydrogen) atoms. The minimum Gasteiger partial charge on any atom is -0.477 e. The maximum Gasteiger partial charge on any atom is 0.364 e. The lowest BCUT2D eigenvalue weighted by molar-refractivity contribution is -0.403. The van der Waals surface area contributed by atoms with Gasteiger partial charge in [0.05, 0.1) is 77.1 Å². The molecule has 7 saturated heterocycles. The summed E-state index contributed by atoms with van der Waals surface area (Å²) in [4.78, 5) is 66.9. The molecule has 45 nitrogen and oxygen atoms in total. The Balaban J connectivity index is 1.09. The van der Waals surface area contributed by atoms with E-state index in [1.54, 1.807) is 6.08 Å². The molecule has 7 aliphatic heterocycles. The zero-order valence-corrected chi connectivity index (χ0v) is 77.7. The largest absolute Gasteiger partial charge is 0.477 e. The van der Waals surface area contributed by atoms with Crippen molar-refractivity contribution >= 4 is 29.6 Å². The average Bonchev–Trinajstić information content (AvgIpc) is 0.744. The number of unbranched alkanes of at least 4 members (excludes halogenated alkanes) is 27. The molecule has 4 amide bonds. The fraction of sp³-hybridized carbons (Fsp3) is 0.921. The van der Waals surface area contributed by atoms with E-state index in [4.69, 9.17) is 66.3 Å². The van der Waals surface area contributed by atoms with E-state index in [0.717, 1.165) is 78.6 Å². The third-order valence-electron chi connectivity index (χ3n) is 25.7. The smallest absolute Gasteiger partial charge is 0.364 e.